The van der Waals surface area contributed by atoms with Crippen LogP contribution in [0.15, 0.2) is 36.4 Å². The Kier molecular flexibility index (Phi) is 6.20. The van der Waals surface area contributed by atoms with Gasteiger partial charge in [-0.05, 0) is 40.1 Å². The molecule has 3 heterocycles. The summed E-state index contributed by atoms with van der Waals surface area (Å²) in [7, 11) is 3.99. The van der Waals surface area contributed by atoms with Crippen molar-refractivity contribution in [3.05, 3.63) is 63.5 Å². The minimum absolute atomic E-state index is 0.0378. The Morgan fingerprint density at radius 1 is 1.16 bits per heavy atom. The summed E-state index contributed by atoms with van der Waals surface area (Å²) in [6.07, 6.45) is 0. The maximum atomic E-state index is 11.8. The van der Waals surface area contributed by atoms with Crippen LogP contribution in [0.5, 0.6) is 0 Å². The highest BCUT2D eigenvalue weighted by atomic mass is 16.6. The van der Waals surface area contributed by atoms with Crippen LogP contribution in [0, 0.1) is 24.0 Å². The molecule has 4 rings (SSSR count). The fourth-order valence-electron chi connectivity index (χ4n) is 4.01. The predicted octanol–water partition coefficient (Wildman–Crippen LogP) is 3.36. The quantitative estimate of drug-likeness (QED) is 0.432. The number of aromatic nitrogens is 3. The number of hydrogen-bond acceptors (Lipinski definition) is 7. The highest BCUT2D eigenvalue weighted by Gasteiger charge is 2.27. The van der Waals surface area contributed by atoms with Crippen LogP contribution in [0.2, 0.25) is 0 Å². The third-order valence-corrected chi connectivity index (χ3v) is 5.46. The molecule has 0 atom stereocenters. The Hall–Kier alpha value is -3.30. The van der Waals surface area contributed by atoms with Crippen molar-refractivity contribution in [3.8, 4) is 17.1 Å². The molecule has 9 heteroatoms. The van der Waals surface area contributed by atoms with Crippen molar-refractivity contribution >= 4 is 11.4 Å². The summed E-state index contributed by atoms with van der Waals surface area (Å²) >= 11 is 0. The first-order valence-corrected chi connectivity index (χ1v) is 10.6. The number of anilines is 1. The number of hydrogen-bond donors (Lipinski definition) is 0. The summed E-state index contributed by atoms with van der Waals surface area (Å²) in [4.78, 5) is 20.2. The van der Waals surface area contributed by atoms with Crippen molar-refractivity contribution in [3.63, 3.8) is 0 Å². The lowest BCUT2D eigenvalue weighted by molar-refractivity contribution is -0.385. The summed E-state index contributed by atoms with van der Waals surface area (Å²) in [5.41, 5.74) is 4.95. The van der Waals surface area contributed by atoms with Crippen molar-refractivity contribution in [1.29, 1.82) is 0 Å². The third-order valence-electron chi connectivity index (χ3n) is 5.46. The molecule has 1 aromatic carbocycles. The normalized spacial score (nSPS) is 14.2. The summed E-state index contributed by atoms with van der Waals surface area (Å²) < 4.78 is 7.25. The number of nitrogens with zero attached hydrogens (tertiary/aromatic N) is 6. The fourth-order valence-corrected chi connectivity index (χ4v) is 4.01. The predicted molar refractivity (Wildman–Crippen MR) is 123 cm³/mol. The average Bonchev–Trinajstić information content (AvgIpc) is 3.16. The van der Waals surface area contributed by atoms with Gasteiger partial charge >= 0.3 is 5.69 Å². The van der Waals surface area contributed by atoms with Crippen LogP contribution < -0.4 is 4.90 Å². The van der Waals surface area contributed by atoms with Gasteiger partial charge in [-0.1, -0.05) is 23.8 Å². The van der Waals surface area contributed by atoms with E-state index in [1.165, 1.54) is 0 Å². The van der Waals surface area contributed by atoms with E-state index in [-0.39, 0.29) is 10.6 Å². The molecule has 1 fully saturated rings. The number of aryl methyl sites for hydroxylation is 2. The summed E-state index contributed by atoms with van der Waals surface area (Å²) in [6.45, 7) is 6.67. The van der Waals surface area contributed by atoms with Gasteiger partial charge in [-0.3, -0.25) is 10.1 Å². The number of morpholine rings is 1. The Morgan fingerprint density at radius 2 is 1.91 bits per heavy atom. The van der Waals surface area contributed by atoms with Gasteiger partial charge in [0.2, 0.25) is 0 Å². The molecule has 0 saturated carbocycles. The van der Waals surface area contributed by atoms with Crippen LogP contribution >= 0.6 is 0 Å². The number of nitro groups is 1. The second-order valence-corrected chi connectivity index (χ2v) is 8.33. The molecule has 3 aromatic rings. The number of benzene rings is 1. The van der Waals surface area contributed by atoms with Gasteiger partial charge in [0.1, 0.15) is 11.4 Å². The lowest BCUT2D eigenvalue weighted by atomic mass is 10.1. The van der Waals surface area contributed by atoms with Crippen molar-refractivity contribution in [2.75, 3.05) is 45.3 Å². The molecule has 0 radical (unpaired) electrons. The van der Waals surface area contributed by atoms with Gasteiger partial charge in [0.15, 0.2) is 5.82 Å². The first kappa shape index (κ1) is 21.9. The van der Waals surface area contributed by atoms with Gasteiger partial charge in [-0.15, -0.1) is 0 Å². The van der Waals surface area contributed by atoms with E-state index < -0.39 is 0 Å². The van der Waals surface area contributed by atoms with E-state index in [2.05, 4.69) is 35.0 Å². The standard InChI is InChI=1S/C23H28N6O3/c1-16-6-5-7-18(12-16)20-13-19(15-26(3)4)28(25-20)22-14-21(27-8-10-32-11-9-27)23(29(30)31)17(2)24-22/h5-7,12-14H,8-11,15H2,1-4H3. The second kappa shape index (κ2) is 9.05. The molecule has 1 saturated heterocycles. The topological polar surface area (TPSA) is 89.6 Å². The molecule has 0 aliphatic carbocycles. The second-order valence-electron chi connectivity index (χ2n) is 8.33. The molecule has 0 N–H and O–H groups in total. The van der Waals surface area contributed by atoms with E-state index in [1.54, 1.807) is 17.7 Å². The van der Waals surface area contributed by atoms with Crippen molar-refractivity contribution in [2.24, 2.45) is 0 Å². The first-order valence-electron chi connectivity index (χ1n) is 10.6. The van der Waals surface area contributed by atoms with E-state index >= 15 is 0 Å². The van der Waals surface area contributed by atoms with Crippen molar-refractivity contribution in [1.82, 2.24) is 19.7 Å². The minimum Gasteiger partial charge on any atom is -0.378 e. The van der Waals surface area contributed by atoms with Crippen LogP contribution in [-0.2, 0) is 11.3 Å². The first-order chi connectivity index (χ1) is 15.3. The molecule has 1 aliphatic rings. The van der Waals surface area contributed by atoms with Crippen LogP contribution in [0.1, 0.15) is 17.0 Å². The number of pyridine rings is 1. The third kappa shape index (κ3) is 4.49. The van der Waals surface area contributed by atoms with Crippen LogP contribution in [0.25, 0.3) is 17.1 Å². The molecule has 9 nitrogen and oxygen atoms in total. The molecule has 0 bridgehead atoms. The Morgan fingerprint density at radius 3 is 2.56 bits per heavy atom. The Balaban J connectivity index is 1.86. The fraction of sp³-hybridized carbons (Fsp3) is 0.391. The van der Waals surface area contributed by atoms with Gasteiger partial charge in [0.25, 0.3) is 0 Å². The van der Waals surface area contributed by atoms with E-state index in [1.807, 2.05) is 31.1 Å². The van der Waals surface area contributed by atoms with Gasteiger partial charge in [-0.2, -0.15) is 5.10 Å². The molecule has 0 amide bonds. The van der Waals surface area contributed by atoms with Crippen LogP contribution in [-0.4, -0.2) is 65.0 Å². The SMILES string of the molecule is Cc1cccc(-c2cc(CN(C)C)n(-c3cc(N4CCOCC4)c([N+](=O)[O-])c(C)n3)n2)c1. The van der Waals surface area contributed by atoms with Crippen molar-refractivity contribution in [2.45, 2.75) is 20.4 Å². The molecule has 32 heavy (non-hydrogen) atoms. The van der Waals surface area contributed by atoms with E-state index in [9.17, 15) is 10.1 Å². The molecular formula is C23H28N6O3. The zero-order chi connectivity index (χ0) is 22.8. The molecule has 0 unspecified atom stereocenters. The summed E-state index contributed by atoms with van der Waals surface area (Å²) in [5.74, 6) is 0.574. The van der Waals surface area contributed by atoms with Crippen LogP contribution in [0.3, 0.4) is 0 Å². The van der Waals surface area contributed by atoms with E-state index in [0.29, 0.717) is 50.0 Å². The minimum atomic E-state index is -0.348. The summed E-state index contributed by atoms with van der Waals surface area (Å²) in [6, 6.07) is 12.0. The smallest absolute Gasteiger partial charge is 0.313 e. The number of rotatable bonds is 6. The Bertz CT molecular complexity index is 1130. The number of ether oxygens (including phenoxy) is 1. The highest BCUT2D eigenvalue weighted by molar-refractivity contribution is 5.68. The zero-order valence-corrected chi connectivity index (χ0v) is 18.9. The monoisotopic (exact) mass is 436 g/mol. The van der Waals surface area contributed by atoms with Gasteiger partial charge in [-0.25, -0.2) is 9.67 Å². The molecule has 1 aliphatic heterocycles. The highest BCUT2D eigenvalue weighted by Crippen LogP contribution is 2.34. The largest absolute Gasteiger partial charge is 0.378 e. The molecule has 0 spiro atoms. The summed E-state index contributed by atoms with van der Waals surface area (Å²) in [5, 5.41) is 16.7. The lowest BCUT2D eigenvalue weighted by Crippen LogP contribution is -2.36. The van der Waals surface area contributed by atoms with Gasteiger partial charge in [0, 0.05) is 31.3 Å². The van der Waals surface area contributed by atoms with Crippen LogP contribution in [0.4, 0.5) is 11.4 Å². The van der Waals surface area contributed by atoms with E-state index in [0.717, 1.165) is 22.5 Å². The lowest BCUT2D eigenvalue weighted by Gasteiger charge is -2.29. The van der Waals surface area contributed by atoms with Gasteiger partial charge in [0.05, 0.1) is 29.5 Å². The molecule has 2 aromatic heterocycles. The molecular weight excluding hydrogens is 408 g/mol. The Labute approximate surface area is 187 Å². The van der Waals surface area contributed by atoms with Crippen molar-refractivity contribution < 1.29 is 9.66 Å². The maximum Gasteiger partial charge on any atom is 0.313 e. The average molecular weight is 437 g/mol. The zero-order valence-electron chi connectivity index (χ0n) is 18.9. The van der Waals surface area contributed by atoms with Gasteiger partial charge < -0.3 is 14.5 Å². The van der Waals surface area contributed by atoms with E-state index in [4.69, 9.17) is 9.84 Å². The molecule has 168 valence electrons. The maximum absolute atomic E-state index is 11.8.